The summed E-state index contributed by atoms with van der Waals surface area (Å²) in [6, 6.07) is 4.26. The van der Waals surface area contributed by atoms with Gasteiger partial charge in [-0.25, -0.2) is 4.98 Å². The van der Waals surface area contributed by atoms with E-state index in [4.69, 9.17) is 0 Å². The van der Waals surface area contributed by atoms with E-state index in [1.165, 1.54) is 4.88 Å². The Morgan fingerprint density at radius 1 is 1.38 bits per heavy atom. The van der Waals surface area contributed by atoms with E-state index >= 15 is 0 Å². The van der Waals surface area contributed by atoms with Crippen LogP contribution in [-0.2, 0) is 5.41 Å². The molecule has 0 aliphatic rings. The fourth-order valence-electron chi connectivity index (χ4n) is 1.45. The van der Waals surface area contributed by atoms with Crippen LogP contribution < -0.4 is 5.32 Å². The molecule has 2 rings (SSSR count). The van der Waals surface area contributed by atoms with Gasteiger partial charge in [0, 0.05) is 29.2 Å². The van der Waals surface area contributed by atoms with Crippen molar-refractivity contribution in [1.82, 2.24) is 9.97 Å². The van der Waals surface area contributed by atoms with Gasteiger partial charge in [-0.3, -0.25) is 4.98 Å². The van der Waals surface area contributed by atoms with Gasteiger partial charge in [-0.15, -0.1) is 11.3 Å². The summed E-state index contributed by atoms with van der Waals surface area (Å²) in [5.74, 6) is 0.826. The van der Waals surface area contributed by atoms with Crippen LogP contribution in [-0.4, -0.2) is 16.5 Å². The number of nitrogens with one attached hydrogen (secondary N) is 1. The SMILES string of the molecule is CC(C)(CNc1cnccn1)c1cccs1. The van der Waals surface area contributed by atoms with Gasteiger partial charge < -0.3 is 5.32 Å². The van der Waals surface area contributed by atoms with Crippen LogP contribution in [0.4, 0.5) is 5.82 Å². The van der Waals surface area contributed by atoms with Crippen LogP contribution >= 0.6 is 11.3 Å². The van der Waals surface area contributed by atoms with Crippen LogP contribution in [0.1, 0.15) is 18.7 Å². The lowest BCUT2D eigenvalue weighted by Crippen LogP contribution is -2.26. The lowest BCUT2D eigenvalue weighted by atomic mass is 9.91. The van der Waals surface area contributed by atoms with E-state index in [0.717, 1.165) is 12.4 Å². The zero-order chi connectivity index (χ0) is 11.4. The smallest absolute Gasteiger partial charge is 0.144 e. The van der Waals surface area contributed by atoms with Gasteiger partial charge in [0.1, 0.15) is 5.82 Å². The maximum absolute atomic E-state index is 4.19. The molecule has 0 aliphatic heterocycles. The molecule has 0 amide bonds. The molecule has 2 aromatic heterocycles. The van der Waals surface area contributed by atoms with Gasteiger partial charge in [0.25, 0.3) is 0 Å². The van der Waals surface area contributed by atoms with Crippen LogP contribution in [0.25, 0.3) is 0 Å². The number of anilines is 1. The van der Waals surface area contributed by atoms with E-state index in [1.807, 2.05) is 0 Å². The minimum absolute atomic E-state index is 0.117. The third-order valence-electron chi connectivity index (χ3n) is 2.46. The molecule has 0 bridgehead atoms. The van der Waals surface area contributed by atoms with Crippen molar-refractivity contribution in [3.05, 3.63) is 41.0 Å². The first-order valence-corrected chi connectivity index (χ1v) is 6.10. The summed E-state index contributed by atoms with van der Waals surface area (Å²) in [6.07, 6.45) is 5.11. The van der Waals surface area contributed by atoms with Crippen molar-refractivity contribution in [2.75, 3.05) is 11.9 Å². The number of hydrogen-bond donors (Lipinski definition) is 1. The maximum Gasteiger partial charge on any atom is 0.144 e. The molecule has 16 heavy (non-hydrogen) atoms. The average Bonchev–Trinajstić information content (AvgIpc) is 2.82. The molecule has 2 heterocycles. The van der Waals surface area contributed by atoms with Crippen molar-refractivity contribution in [3.63, 3.8) is 0 Å². The summed E-state index contributed by atoms with van der Waals surface area (Å²) in [5.41, 5.74) is 0.117. The highest BCUT2D eigenvalue weighted by Crippen LogP contribution is 2.27. The first-order valence-electron chi connectivity index (χ1n) is 5.22. The van der Waals surface area contributed by atoms with Crippen molar-refractivity contribution in [1.29, 1.82) is 0 Å². The summed E-state index contributed by atoms with van der Waals surface area (Å²) >= 11 is 1.79. The summed E-state index contributed by atoms with van der Waals surface area (Å²) in [4.78, 5) is 9.60. The fraction of sp³-hybridized carbons (Fsp3) is 0.333. The zero-order valence-electron chi connectivity index (χ0n) is 9.47. The van der Waals surface area contributed by atoms with Crippen molar-refractivity contribution in [2.45, 2.75) is 19.3 Å². The maximum atomic E-state index is 4.19. The molecule has 0 radical (unpaired) electrons. The molecular formula is C12H15N3S. The van der Waals surface area contributed by atoms with Gasteiger partial charge in [0.15, 0.2) is 0 Å². The Kier molecular flexibility index (Phi) is 3.19. The van der Waals surface area contributed by atoms with Crippen LogP contribution in [0.2, 0.25) is 0 Å². The minimum atomic E-state index is 0.117. The summed E-state index contributed by atoms with van der Waals surface area (Å²) < 4.78 is 0. The number of nitrogens with zero attached hydrogens (tertiary/aromatic N) is 2. The Bertz CT molecular complexity index is 423. The van der Waals surface area contributed by atoms with Gasteiger partial charge in [-0.1, -0.05) is 19.9 Å². The average molecular weight is 233 g/mol. The Morgan fingerprint density at radius 2 is 2.25 bits per heavy atom. The predicted molar refractivity (Wildman–Crippen MR) is 67.9 cm³/mol. The lowest BCUT2D eigenvalue weighted by molar-refractivity contribution is 0.568. The topological polar surface area (TPSA) is 37.8 Å². The molecule has 0 aromatic carbocycles. The van der Waals surface area contributed by atoms with E-state index < -0.39 is 0 Å². The Hall–Kier alpha value is -1.42. The quantitative estimate of drug-likeness (QED) is 0.882. The Balaban J connectivity index is 2.00. The van der Waals surface area contributed by atoms with Gasteiger partial charge in [-0.2, -0.15) is 0 Å². The van der Waals surface area contributed by atoms with E-state index in [2.05, 4.69) is 46.6 Å². The monoisotopic (exact) mass is 233 g/mol. The third-order valence-corrected chi connectivity index (χ3v) is 3.70. The minimum Gasteiger partial charge on any atom is -0.368 e. The number of thiophene rings is 1. The number of rotatable bonds is 4. The molecule has 2 aromatic rings. The zero-order valence-corrected chi connectivity index (χ0v) is 10.3. The van der Waals surface area contributed by atoms with Gasteiger partial charge >= 0.3 is 0 Å². The largest absolute Gasteiger partial charge is 0.368 e. The van der Waals surface area contributed by atoms with Crippen LogP contribution in [0.5, 0.6) is 0 Å². The molecule has 0 atom stereocenters. The normalized spacial score (nSPS) is 11.4. The second-order valence-electron chi connectivity index (χ2n) is 4.31. The van der Waals surface area contributed by atoms with Crippen molar-refractivity contribution >= 4 is 17.2 Å². The molecule has 0 unspecified atom stereocenters. The van der Waals surface area contributed by atoms with Crippen molar-refractivity contribution in [2.24, 2.45) is 0 Å². The molecular weight excluding hydrogens is 218 g/mol. The highest BCUT2D eigenvalue weighted by Gasteiger charge is 2.21. The van der Waals surface area contributed by atoms with Gasteiger partial charge in [0.2, 0.25) is 0 Å². The molecule has 0 saturated heterocycles. The van der Waals surface area contributed by atoms with Gasteiger partial charge in [-0.05, 0) is 11.4 Å². The Labute approximate surface area is 99.6 Å². The molecule has 1 N–H and O–H groups in total. The van der Waals surface area contributed by atoms with Gasteiger partial charge in [0.05, 0.1) is 6.20 Å². The first kappa shape index (κ1) is 11.1. The van der Waals surface area contributed by atoms with Crippen molar-refractivity contribution in [3.8, 4) is 0 Å². The van der Waals surface area contributed by atoms with E-state index in [-0.39, 0.29) is 5.41 Å². The van der Waals surface area contributed by atoms with E-state index in [1.54, 1.807) is 29.9 Å². The molecule has 0 spiro atoms. The predicted octanol–water partition coefficient (Wildman–Crippen LogP) is 2.93. The highest BCUT2D eigenvalue weighted by molar-refractivity contribution is 7.10. The Morgan fingerprint density at radius 3 is 2.88 bits per heavy atom. The molecule has 0 saturated carbocycles. The molecule has 3 nitrogen and oxygen atoms in total. The van der Waals surface area contributed by atoms with Crippen molar-refractivity contribution < 1.29 is 0 Å². The molecule has 4 heteroatoms. The highest BCUT2D eigenvalue weighted by atomic mass is 32.1. The standard InChI is InChI=1S/C12H15N3S/c1-12(2,10-4-3-7-16-10)9-15-11-8-13-5-6-14-11/h3-8H,9H2,1-2H3,(H,14,15). The first-order chi connectivity index (χ1) is 7.68. The summed E-state index contributed by atoms with van der Waals surface area (Å²) in [5, 5.41) is 5.42. The second-order valence-corrected chi connectivity index (χ2v) is 5.25. The summed E-state index contributed by atoms with van der Waals surface area (Å²) in [7, 11) is 0. The lowest BCUT2D eigenvalue weighted by Gasteiger charge is -2.23. The van der Waals surface area contributed by atoms with E-state index in [9.17, 15) is 0 Å². The molecule has 0 fully saturated rings. The number of aromatic nitrogens is 2. The third kappa shape index (κ3) is 2.58. The molecule has 0 aliphatic carbocycles. The van der Waals surface area contributed by atoms with E-state index in [0.29, 0.717) is 0 Å². The fourth-order valence-corrected chi connectivity index (χ4v) is 2.30. The molecule has 84 valence electrons. The van der Waals surface area contributed by atoms with Crippen LogP contribution in [0, 0.1) is 0 Å². The number of hydrogen-bond acceptors (Lipinski definition) is 4. The van der Waals surface area contributed by atoms with Crippen LogP contribution in [0.3, 0.4) is 0 Å². The van der Waals surface area contributed by atoms with Crippen LogP contribution in [0.15, 0.2) is 36.1 Å². The second kappa shape index (κ2) is 4.61. The summed E-state index contributed by atoms with van der Waals surface area (Å²) in [6.45, 7) is 5.30.